The SMILES string of the molecule is COc1cc(C)oc(=O)c1C(=O)C=Cc1ccc(Cl)cc1. The number of carbonyl (C=O) groups excluding carboxylic acids is 1. The lowest BCUT2D eigenvalue weighted by Gasteiger charge is -2.04. The lowest BCUT2D eigenvalue weighted by molar-refractivity contribution is 0.104. The predicted molar refractivity (Wildman–Crippen MR) is 81.1 cm³/mol. The normalized spacial score (nSPS) is 10.8. The summed E-state index contributed by atoms with van der Waals surface area (Å²) in [6.07, 6.45) is 2.89. The van der Waals surface area contributed by atoms with Gasteiger partial charge < -0.3 is 9.15 Å². The quantitative estimate of drug-likeness (QED) is 0.641. The molecule has 1 aromatic carbocycles. The van der Waals surface area contributed by atoms with Crippen molar-refractivity contribution in [1.29, 1.82) is 0 Å². The molecule has 0 fully saturated rings. The molecule has 2 rings (SSSR count). The maximum atomic E-state index is 12.1. The molecule has 0 saturated heterocycles. The second kappa shape index (κ2) is 6.41. The third-order valence-electron chi connectivity index (χ3n) is 2.80. The Morgan fingerprint density at radius 1 is 1.29 bits per heavy atom. The summed E-state index contributed by atoms with van der Waals surface area (Å²) in [7, 11) is 1.40. The first-order chi connectivity index (χ1) is 10.0. The molecular weight excluding hydrogens is 292 g/mol. The first-order valence-electron chi connectivity index (χ1n) is 6.18. The average molecular weight is 305 g/mol. The van der Waals surface area contributed by atoms with Crippen molar-refractivity contribution >= 4 is 23.5 Å². The summed E-state index contributed by atoms with van der Waals surface area (Å²) in [6, 6.07) is 8.46. The molecule has 2 aromatic rings. The van der Waals surface area contributed by atoms with Crippen molar-refractivity contribution in [3.63, 3.8) is 0 Å². The monoisotopic (exact) mass is 304 g/mol. The Bertz CT molecular complexity index is 742. The molecule has 0 spiro atoms. The number of hydrogen-bond acceptors (Lipinski definition) is 4. The fraction of sp³-hybridized carbons (Fsp3) is 0.125. The van der Waals surface area contributed by atoms with E-state index in [1.807, 2.05) is 0 Å². The number of ether oxygens (including phenoxy) is 1. The largest absolute Gasteiger partial charge is 0.496 e. The molecule has 0 N–H and O–H groups in total. The highest BCUT2D eigenvalue weighted by Gasteiger charge is 2.17. The van der Waals surface area contributed by atoms with Gasteiger partial charge in [0.1, 0.15) is 17.1 Å². The summed E-state index contributed by atoms with van der Waals surface area (Å²) < 4.78 is 10.00. The van der Waals surface area contributed by atoms with Gasteiger partial charge in [-0.05, 0) is 30.7 Å². The third-order valence-corrected chi connectivity index (χ3v) is 3.05. The second-order valence-electron chi connectivity index (χ2n) is 4.34. The molecule has 0 bridgehead atoms. The Kier molecular flexibility index (Phi) is 4.60. The molecule has 5 heteroatoms. The maximum Gasteiger partial charge on any atom is 0.351 e. The molecule has 0 aliphatic heterocycles. The van der Waals surface area contributed by atoms with Crippen LogP contribution in [0.3, 0.4) is 0 Å². The van der Waals surface area contributed by atoms with Crippen LogP contribution in [0.5, 0.6) is 5.75 Å². The van der Waals surface area contributed by atoms with Crippen LogP contribution in [0, 0.1) is 6.92 Å². The van der Waals surface area contributed by atoms with Crippen LogP contribution in [-0.2, 0) is 0 Å². The zero-order valence-electron chi connectivity index (χ0n) is 11.6. The number of carbonyl (C=O) groups is 1. The van der Waals surface area contributed by atoms with Crippen LogP contribution in [0.2, 0.25) is 5.02 Å². The van der Waals surface area contributed by atoms with E-state index in [1.165, 1.54) is 19.3 Å². The minimum atomic E-state index is -0.711. The molecule has 4 nitrogen and oxygen atoms in total. The Morgan fingerprint density at radius 3 is 2.57 bits per heavy atom. The minimum absolute atomic E-state index is 0.117. The van der Waals surface area contributed by atoms with Gasteiger partial charge in [0, 0.05) is 11.1 Å². The zero-order chi connectivity index (χ0) is 15.4. The summed E-state index contributed by atoms with van der Waals surface area (Å²) in [5.74, 6) is 0.111. The standard InChI is InChI=1S/C16H13ClO4/c1-10-9-14(20-2)15(16(19)21-10)13(18)8-5-11-3-6-12(17)7-4-11/h3-9H,1-2H3. The highest BCUT2D eigenvalue weighted by molar-refractivity contribution is 6.30. The predicted octanol–water partition coefficient (Wildman–Crippen LogP) is 3.51. The molecule has 0 aliphatic carbocycles. The van der Waals surface area contributed by atoms with Gasteiger partial charge in [0.25, 0.3) is 0 Å². The van der Waals surface area contributed by atoms with Crippen LogP contribution >= 0.6 is 11.6 Å². The van der Waals surface area contributed by atoms with Crippen molar-refractivity contribution in [3.05, 3.63) is 68.7 Å². The molecule has 0 atom stereocenters. The summed E-state index contributed by atoms with van der Waals surface area (Å²) in [6.45, 7) is 1.61. The molecule has 0 aliphatic rings. The van der Waals surface area contributed by atoms with Gasteiger partial charge in [-0.1, -0.05) is 29.8 Å². The second-order valence-corrected chi connectivity index (χ2v) is 4.77. The number of aryl methyl sites for hydroxylation is 1. The van der Waals surface area contributed by atoms with E-state index < -0.39 is 11.4 Å². The molecule has 0 radical (unpaired) electrons. The number of methoxy groups -OCH3 is 1. The number of halogens is 1. The van der Waals surface area contributed by atoms with Gasteiger partial charge in [0.2, 0.25) is 0 Å². The van der Waals surface area contributed by atoms with Crippen LogP contribution in [0.25, 0.3) is 6.08 Å². The number of ketones is 1. The van der Waals surface area contributed by atoms with Crippen molar-refractivity contribution in [2.45, 2.75) is 6.92 Å². The lowest BCUT2D eigenvalue weighted by atomic mass is 10.1. The van der Waals surface area contributed by atoms with Gasteiger partial charge in [-0.15, -0.1) is 0 Å². The van der Waals surface area contributed by atoms with Crippen molar-refractivity contribution in [2.75, 3.05) is 7.11 Å². The molecule has 21 heavy (non-hydrogen) atoms. The summed E-state index contributed by atoms with van der Waals surface area (Å²) in [4.78, 5) is 23.9. The minimum Gasteiger partial charge on any atom is -0.496 e. The first-order valence-corrected chi connectivity index (χ1v) is 6.56. The van der Waals surface area contributed by atoms with Crippen LogP contribution in [0.15, 0.2) is 45.6 Å². The van der Waals surface area contributed by atoms with Crippen LogP contribution in [0.1, 0.15) is 21.7 Å². The van der Waals surface area contributed by atoms with E-state index in [0.717, 1.165) is 5.56 Å². The van der Waals surface area contributed by atoms with Gasteiger partial charge in [0.05, 0.1) is 7.11 Å². The van der Waals surface area contributed by atoms with Gasteiger partial charge in [-0.2, -0.15) is 0 Å². The molecular formula is C16H13ClO4. The highest BCUT2D eigenvalue weighted by atomic mass is 35.5. The molecule has 0 amide bonds. The zero-order valence-corrected chi connectivity index (χ0v) is 12.3. The number of allylic oxidation sites excluding steroid dienone is 1. The lowest BCUT2D eigenvalue weighted by Crippen LogP contribution is -2.14. The Balaban J connectivity index is 2.32. The first kappa shape index (κ1) is 15.1. The van der Waals surface area contributed by atoms with E-state index in [9.17, 15) is 9.59 Å². The van der Waals surface area contributed by atoms with Crippen LogP contribution in [0.4, 0.5) is 0 Å². The highest BCUT2D eigenvalue weighted by Crippen LogP contribution is 2.18. The van der Waals surface area contributed by atoms with Crippen molar-refractivity contribution in [1.82, 2.24) is 0 Å². The van der Waals surface area contributed by atoms with E-state index in [4.69, 9.17) is 20.8 Å². The smallest absolute Gasteiger partial charge is 0.351 e. The summed E-state index contributed by atoms with van der Waals surface area (Å²) in [5, 5.41) is 0.610. The van der Waals surface area contributed by atoms with E-state index in [-0.39, 0.29) is 11.3 Å². The van der Waals surface area contributed by atoms with Gasteiger partial charge >= 0.3 is 5.63 Å². The summed E-state index contributed by atoms with van der Waals surface area (Å²) >= 11 is 5.78. The Labute approximate surface area is 126 Å². The average Bonchev–Trinajstić information content (AvgIpc) is 2.45. The van der Waals surface area contributed by atoms with Gasteiger partial charge in [-0.25, -0.2) is 4.79 Å². The number of rotatable bonds is 4. The van der Waals surface area contributed by atoms with Crippen LogP contribution in [-0.4, -0.2) is 12.9 Å². The molecule has 108 valence electrons. The molecule has 1 aromatic heterocycles. The van der Waals surface area contributed by atoms with E-state index in [1.54, 1.807) is 37.3 Å². The fourth-order valence-electron chi connectivity index (χ4n) is 1.80. The molecule has 0 saturated carbocycles. The van der Waals surface area contributed by atoms with Crippen molar-refractivity contribution < 1.29 is 13.9 Å². The van der Waals surface area contributed by atoms with Crippen molar-refractivity contribution in [3.8, 4) is 5.75 Å². The van der Waals surface area contributed by atoms with Gasteiger partial charge in [0.15, 0.2) is 5.78 Å². The third kappa shape index (κ3) is 3.61. The van der Waals surface area contributed by atoms with E-state index in [0.29, 0.717) is 10.8 Å². The van der Waals surface area contributed by atoms with E-state index >= 15 is 0 Å². The summed E-state index contributed by atoms with van der Waals surface area (Å²) in [5.41, 5.74) is -0.0332. The molecule has 0 unspecified atom stereocenters. The maximum absolute atomic E-state index is 12.1. The van der Waals surface area contributed by atoms with Crippen molar-refractivity contribution in [2.24, 2.45) is 0 Å². The topological polar surface area (TPSA) is 56.5 Å². The number of hydrogen-bond donors (Lipinski definition) is 0. The van der Waals surface area contributed by atoms with E-state index in [2.05, 4.69) is 0 Å². The van der Waals surface area contributed by atoms with Gasteiger partial charge in [-0.3, -0.25) is 4.79 Å². The van der Waals surface area contributed by atoms with Crippen LogP contribution < -0.4 is 10.4 Å². The molecule has 1 heterocycles. The number of benzene rings is 1. The Hall–Kier alpha value is -2.33. The Morgan fingerprint density at radius 2 is 1.95 bits per heavy atom. The fourth-order valence-corrected chi connectivity index (χ4v) is 1.92.